The number of nitrogens with one attached hydrogen (secondary N) is 2. The van der Waals surface area contributed by atoms with E-state index in [2.05, 4.69) is 27.5 Å². The molecule has 1 unspecified atom stereocenters. The minimum Gasteiger partial charge on any atom is -0.490 e. The Labute approximate surface area is 101 Å². The average molecular weight is 240 g/mol. The van der Waals surface area contributed by atoms with Gasteiger partial charge in [-0.1, -0.05) is 6.92 Å². The van der Waals surface area contributed by atoms with Crippen LogP contribution in [0.1, 0.15) is 13.3 Å². The summed E-state index contributed by atoms with van der Waals surface area (Å²) in [5, 5.41) is 15.0. The van der Waals surface area contributed by atoms with Crippen molar-refractivity contribution in [1.29, 1.82) is 0 Å². The molecule has 0 aromatic carbocycles. The molecule has 0 amide bonds. The van der Waals surface area contributed by atoms with E-state index in [9.17, 15) is 0 Å². The zero-order valence-corrected chi connectivity index (χ0v) is 10.5. The van der Waals surface area contributed by atoms with Crippen molar-refractivity contribution in [3.8, 4) is 5.75 Å². The predicted molar refractivity (Wildman–Crippen MR) is 67.5 cm³/mol. The number of hydrogen-bond donors (Lipinski definition) is 3. The van der Waals surface area contributed by atoms with Gasteiger partial charge in [-0.2, -0.15) is 0 Å². The lowest BCUT2D eigenvalue weighted by molar-refractivity contribution is 0.265. The number of methoxy groups -OCH3 is 1. The highest BCUT2D eigenvalue weighted by Gasteiger charge is 2.11. The Morgan fingerprint density at radius 2 is 2.12 bits per heavy atom. The van der Waals surface area contributed by atoms with E-state index in [1.54, 1.807) is 14.2 Å². The second kappa shape index (κ2) is 6.90. The third-order valence-electron chi connectivity index (χ3n) is 2.48. The number of hydrogen-bond acceptors (Lipinski definition) is 6. The number of aliphatic hydroxyl groups is 1. The Bertz CT molecular complexity index is 346. The first kappa shape index (κ1) is 13.5. The Morgan fingerprint density at radius 1 is 1.41 bits per heavy atom. The number of rotatable bonds is 7. The molecule has 1 atom stereocenters. The largest absolute Gasteiger partial charge is 0.490 e. The van der Waals surface area contributed by atoms with Crippen LogP contribution in [0.15, 0.2) is 6.33 Å². The molecule has 0 aliphatic rings. The molecule has 0 radical (unpaired) electrons. The van der Waals surface area contributed by atoms with Gasteiger partial charge in [0.1, 0.15) is 6.33 Å². The Hall–Kier alpha value is -1.56. The normalized spacial score (nSPS) is 12.0. The molecule has 0 saturated heterocycles. The van der Waals surface area contributed by atoms with Crippen LogP contribution in [0.25, 0.3) is 0 Å². The van der Waals surface area contributed by atoms with Gasteiger partial charge in [0.05, 0.1) is 7.11 Å². The smallest absolute Gasteiger partial charge is 0.204 e. The van der Waals surface area contributed by atoms with Crippen LogP contribution in [-0.2, 0) is 0 Å². The van der Waals surface area contributed by atoms with Gasteiger partial charge >= 0.3 is 0 Å². The molecule has 17 heavy (non-hydrogen) atoms. The molecule has 3 N–H and O–H groups in total. The highest BCUT2D eigenvalue weighted by Crippen LogP contribution is 2.28. The molecule has 1 aromatic heterocycles. The summed E-state index contributed by atoms with van der Waals surface area (Å²) in [6, 6.07) is 0. The lowest BCUT2D eigenvalue weighted by atomic mass is 10.1. The number of ether oxygens (including phenoxy) is 1. The summed E-state index contributed by atoms with van der Waals surface area (Å²) in [5.74, 6) is 2.29. The van der Waals surface area contributed by atoms with E-state index in [1.165, 1.54) is 6.33 Å². The third-order valence-corrected chi connectivity index (χ3v) is 2.48. The van der Waals surface area contributed by atoms with Crippen molar-refractivity contribution in [3.05, 3.63) is 6.33 Å². The Morgan fingerprint density at radius 3 is 2.71 bits per heavy atom. The van der Waals surface area contributed by atoms with Gasteiger partial charge in [-0.25, -0.2) is 9.97 Å². The van der Waals surface area contributed by atoms with Crippen LogP contribution in [0, 0.1) is 5.92 Å². The molecule has 0 spiro atoms. The summed E-state index contributed by atoms with van der Waals surface area (Å²) in [6.07, 6.45) is 2.24. The summed E-state index contributed by atoms with van der Waals surface area (Å²) in [5.41, 5.74) is 0. The molecule has 0 fully saturated rings. The van der Waals surface area contributed by atoms with E-state index in [1.807, 2.05) is 0 Å². The maximum absolute atomic E-state index is 8.83. The predicted octanol–water partition coefficient (Wildman–Crippen LogP) is 0.957. The quantitative estimate of drug-likeness (QED) is 0.658. The fourth-order valence-corrected chi connectivity index (χ4v) is 1.46. The molecule has 0 aliphatic carbocycles. The number of aromatic nitrogens is 2. The van der Waals surface area contributed by atoms with E-state index in [-0.39, 0.29) is 6.61 Å². The van der Waals surface area contributed by atoms with E-state index in [4.69, 9.17) is 9.84 Å². The van der Waals surface area contributed by atoms with Crippen molar-refractivity contribution >= 4 is 11.6 Å². The van der Waals surface area contributed by atoms with Crippen LogP contribution in [0.2, 0.25) is 0 Å². The molecule has 96 valence electrons. The first-order valence-corrected chi connectivity index (χ1v) is 5.64. The maximum Gasteiger partial charge on any atom is 0.204 e. The summed E-state index contributed by atoms with van der Waals surface area (Å²) in [7, 11) is 3.37. The fourth-order valence-electron chi connectivity index (χ4n) is 1.46. The summed E-state index contributed by atoms with van der Waals surface area (Å²) < 4.78 is 5.26. The van der Waals surface area contributed by atoms with Crippen molar-refractivity contribution in [2.45, 2.75) is 13.3 Å². The molecule has 1 heterocycles. The molecule has 1 rings (SSSR count). The summed E-state index contributed by atoms with van der Waals surface area (Å²) in [6.45, 7) is 3.00. The Kier molecular flexibility index (Phi) is 5.48. The highest BCUT2D eigenvalue weighted by molar-refractivity contribution is 5.63. The molecular weight excluding hydrogens is 220 g/mol. The molecular formula is C11H20N4O2. The number of aliphatic hydroxyl groups excluding tert-OH is 1. The second-order valence-electron chi connectivity index (χ2n) is 3.85. The standard InChI is InChI=1S/C11H20N4O2/c1-8(4-5-16)6-13-11-9(17-3)10(12-2)14-7-15-11/h7-8,16H,4-6H2,1-3H3,(H2,12,13,14,15). The Balaban J connectivity index is 2.70. The topological polar surface area (TPSA) is 79.3 Å². The van der Waals surface area contributed by atoms with Gasteiger partial charge in [-0.15, -0.1) is 0 Å². The van der Waals surface area contributed by atoms with Crippen molar-refractivity contribution in [1.82, 2.24) is 9.97 Å². The van der Waals surface area contributed by atoms with E-state index >= 15 is 0 Å². The lowest BCUT2D eigenvalue weighted by Gasteiger charge is -2.15. The van der Waals surface area contributed by atoms with Crippen LogP contribution in [-0.4, -0.2) is 42.4 Å². The van der Waals surface area contributed by atoms with Crippen molar-refractivity contribution in [2.75, 3.05) is 37.9 Å². The fraction of sp³-hybridized carbons (Fsp3) is 0.636. The second-order valence-corrected chi connectivity index (χ2v) is 3.85. The summed E-state index contributed by atoms with van der Waals surface area (Å²) >= 11 is 0. The minimum atomic E-state index is 0.200. The summed E-state index contributed by atoms with van der Waals surface area (Å²) in [4.78, 5) is 8.21. The van der Waals surface area contributed by atoms with Gasteiger partial charge in [0.2, 0.25) is 5.75 Å². The molecule has 6 heteroatoms. The van der Waals surface area contributed by atoms with Gasteiger partial charge < -0.3 is 20.5 Å². The van der Waals surface area contributed by atoms with Gasteiger partial charge in [0.25, 0.3) is 0 Å². The zero-order valence-electron chi connectivity index (χ0n) is 10.5. The molecule has 6 nitrogen and oxygen atoms in total. The van der Waals surface area contributed by atoms with Crippen LogP contribution in [0.5, 0.6) is 5.75 Å². The van der Waals surface area contributed by atoms with Crippen LogP contribution < -0.4 is 15.4 Å². The number of nitrogens with zero attached hydrogens (tertiary/aromatic N) is 2. The zero-order chi connectivity index (χ0) is 12.7. The molecule has 0 saturated carbocycles. The molecule has 1 aromatic rings. The van der Waals surface area contributed by atoms with Gasteiger partial charge in [-0.3, -0.25) is 0 Å². The van der Waals surface area contributed by atoms with E-state index in [0.29, 0.717) is 23.3 Å². The van der Waals surface area contributed by atoms with Crippen molar-refractivity contribution in [3.63, 3.8) is 0 Å². The first-order valence-electron chi connectivity index (χ1n) is 5.64. The minimum absolute atomic E-state index is 0.200. The van der Waals surface area contributed by atoms with E-state index in [0.717, 1.165) is 13.0 Å². The van der Waals surface area contributed by atoms with E-state index < -0.39 is 0 Å². The molecule has 0 aliphatic heterocycles. The van der Waals surface area contributed by atoms with Crippen LogP contribution in [0.4, 0.5) is 11.6 Å². The SMILES string of the molecule is CNc1ncnc(NCC(C)CCO)c1OC. The lowest BCUT2D eigenvalue weighted by Crippen LogP contribution is -2.14. The van der Waals surface area contributed by atoms with Gasteiger partial charge in [0.15, 0.2) is 11.6 Å². The van der Waals surface area contributed by atoms with Crippen molar-refractivity contribution < 1.29 is 9.84 Å². The average Bonchev–Trinajstić information content (AvgIpc) is 2.36. The molecule has 0 bridgehead atoms. The van der Waals surface area contributed by atoms with Crippen LogP contribution in [0.3, 0.4) is 0 Å². The van der Waals surface area contributed by atoms with Crippen molar-refractivity contribution in [2.24, 2.45) is 5.92 Å². The highest BCUT2D eigenvalue weighted by atomic mass is 16.5. The maximum atomic E-state index is 8.83. The number of anilines is 2. The van der Waals surface area contributed by atoms with Gasteiger partial charge in [-0.05, 0) is 12.3 Å². The van der Waals surface area contributed by atoms with Crippen LogP contribution >= 0.6 is 0 Å². The first-order chi connectivity index (χ1) is 8.22. The monoisotopic (exact) mass is 240 g/mol. The third kappa shape index (κ3) is 3.74. The van der Waals surface area contributed by atoms with Gasteiger partial charge in [0, 0.05) is 20.2 Å².